The summed E-state index contributed by atoms with van der Waals surface area (Å²) in [6, 6.07) is 6.56. The van der Waals surface area contributed by atoms with Crippen molar-refractivity contribution in [2.75, 3.05) is 26.3 Å². The summed E-state index contributed by atoms with van der Waals surface area (Å²) in [5.41, 5.74) is 2.60. The third kappa shape index (κ3) is 4.78. The molecule has 7 nitrogen and oxygen atoms in total. The minimum Gasteiger partial charge on any atom is -0.374 e. The number of rotatable bonds is 6. The summed E-state index contributed by atoms with van der Waals surface area (Å²) < 4.78 is 5.17. The van der Waals surface area contributed by atoms with Crippen molar-refractivity contribution in [3.63, 3.8) is 0 Å². The number of nitrogens with one attached hydrogen (secondary N) is 1. The molecule has 2 atom stereocenters. The molecule has 0 radical (unpaired) electrons. The number of nitrogens with zero attached hydrogens (tertiary/aromatic N) is 1. The predicted molar refractivity (Wildman–Crippen MR) is 92.8 cm³/mol. The Balaban J connectivity index is 2.15. The fourth-order valence-corrected chi connectivity index (χ4v) is 3.09. The number of ether oxygens (including phenoxy) is 1. The van der Waals surface area contributed by atoms with Crippen LogP contribution in [-0.4, -0.2) is 48.8 Å². The topological polar surface area (TPSA) is 102 Å². The van der Waals surface area contributed by atoms with Gasteiger partial charge in [-0.25, -0.2) is 5.84 Å². The second-order valence-corrected chi connectivity index (χ2v) is 6.31. The molecule has 8 heteroatoms. The van der Waals surface area contributed by atoms with Crippen molar-refractivity contribution in [2.45, 2.75) is 13.3 Å². The van der Waals surface area contributed by atoms with E-state index in [-0.39, 0.29) is 24.8 Å². The molecule has 0 aliphatic carbocycles. The Morgan fingerprint density at radius 3 is 2.56 bits per heavy atom. The van der Waals surface area contributed by atoms with E-state index in [0.29, 0.717) is 30.2 Å². The molecule has 2 rings (SSSR count). The van der Waals surface area contributed by atoms with Gasteiger partial charge in [0.1, 0.15) is 6.61 Å². The molecule has 0 saturated carbocycles. The van der Waals surface area contributed by atoms with Gasteiger partial charge in [-0.1, -0.05) is 11.6 Å². The standard InChI is InChI=1S/C17H22ClN3O4/c1-2-25-10-15(22)14-9-21(8-7-13(14)16(23)20-19)17(24)11-3-5-12(18)6-4-11/h3-6,13-14H,2,7-10,19H2,1H3,(H,20,23). The highest BCUT2D eigenvalue weighted by molar-refractivity contribution is 6.30. The molecule has 136 valence electrons. The quantitative estimate of drug-likeness (QED) is 0.444. The Morgan fingerprint density at radius 1 is 1.28 bits per heavy atom. The summed E-state index contributed by atoms with van der Waals surface area (Å²) in [5.74, 6) is 3.23. The molecule has 1 aromatic carbocycles. The number of likely N-dealkylation sites (tertiary alicyclic amines) is 1. The van der Waals surface area contributed by atoms with Crippen LogP contribution in [0.1, 0.15) is 23.7 Å². The number of benzene rings is 1. The van der Waals surface area contributed by atoms with Crippen LogP contribution in [0.3, 0.4) is 0 Å². The highest BCUT2D eigenvalue weighted by Crippen LogP contribution is 2.26. The number of halogens is 1. The lowest BCUT2D eigenvalue weighted by atomic mass is 9.82. The maximum Gasteiger partial charge on any atom is 0.253 e. The molecule has 1 aliphatic heterocycles. The number of ketones is 1. The molecular formula is C17H22ClN3O4. The summed E-state index contributed by atoms with van der Waals surface area (Å²) >= 11 is 5.85. The number of hydrogen-bond acceptors (Lipinski definition) is 5. The van der Waals surface area contributed by atoms with E-state index in [1.807, 2.05) is 0 Å². The number of carbonyl (C=O) groups is 3. The molecular weight excluding hydrogens is 346 g/mol. The Hall–Kier alpha value is -1.96. The molecule has 0 spiro atoms. The molecule has 1 saturated heterocycles. The summed E-state index contributed by atoms with van der Waals surface area (Å²) in [5, 5.41) is 0.541. The van der Waals surface area contributed by atoms with E-state index in [1.54, 1.807) is 36.1 Å². The zero-order valence-corrected chi connectivity index (χ0v) is 14.8. The minimum atomic E-state index is -0.639. The van der Waals surface area contributed by atoms with E-state index in [1.165, 1.54) is 0 Å². The van der Waals surface area contributed by atoms with Gasteiger partial charge < -0.3 is 9.64 Å². The molecule has 1 aromatic rings. The van der Waals surface area contributed by atoms with Gasteiger partial charge in [0.2, 0.25) is 5.91 Å². The van der Waals surface area contributed by atoms with Crippen molar-refractivity contribution in [1.82, 2.24) is 10.3 Å². The zero-order valence-electron chi connectivity index (χ0n) is 14.0. The third-order valence-electron chi connectivity index (χ3n) is 4.33. The fraction of sp³-hybridized carbons (Fsp3) is 0.471. The first-order valence-electron chi connectivity index (χ1n) is 8.13. The average molecular weight is 368 g/mol. The summed E-state index contributed by atoms with van der Waals surface area (Å²) in [6.45, 7) is 2.64. The Labute approximate surface area is 151 Å². The fourth-order valence-electron chi connectivity index (χ4n) is 2.97. The van der Waals surface area contributed by atoms with E-state index in [0.717, 1.165) is 0 Å². The molecule has 1 fully saturated rings. The van der Waals surface area contributed by atoms with Crippen molar-refractivity contribution in [3.8, 4) is 0 Å². The highest BCUT2D eigenvalue weighted by atomic mass is 35.5. The predicted octanol–water partition coefficient (Wildman–Crippen LogP) is 1.01. The second-order valence-electron chi connectivity index (χ2n) is 5.87. The summed E-state index contributed by atoms with van der Waals surface area (Å²) in [7, 11) is 0. The van der Waals surface area contributed by atoms with Crippen LogP contribution in [0.15, 0.2) is 24.3 Å². The zero-order chi connectivity index (χ0) is 18.4. The average Bonchev–Trinajstić information content (AvgIpc) is 2.65. The number of nitrogens with two attached hydrogens (primary N) is 1. The van der Waals surface area contributed by atoms with Crippen LogP contribution in [0, 0.1) is 11.8 Å². The van der Waals surface area contributed by atoms with E-state index in [9.17, 15) is 14.4 Å². The van der Waals surface area contributed by atoms with Crippen LogP contribution in [0.4, 0.5) is 0 Å². The monoisotopic (exact) mass is 367 g/mol. The lowest BCUT2D eigenvalue weighted by molar-refractivity contribution is -0.138. The van der Waals surface area contributed by atoms with Crippen LogP contribution >= 0.6 is 11.6 Å². The first-order valence-corrected chi connectivity index (χ1v) is 8.51. The SMILES string of the molecule is CCOCC(=O)C1CN(C(=O)c2ccc(Cl)cc2)CCC1C(=O)NN. The van der Waals surface area contributed by atoms with Gasteiger partial charge in [0.15, 0.2) is 5.78 Å². The molecule has 0 aromatic heterocycles. The number of piperidine rings is 1. The van der Waals surface area contributed by atoms with E-state index < -0.39 is 17.7 Å². The number of Topliss-reactive ketones (excluding diaryl/α,β-unsaturated/α-hetero) is 1. The van der Waals surface area contributed by atoms with Crippen molar-refractivity contribution in [2.24, 2.45) is 17.7 Å². The number of amides is 2. The van der Waals surface area contributed by atoms with Crippen molar-refractivity contribution in [3.05, 3.63) is 34.9 Å². The van der Waals surface area contributed by atoms with E-state index >= 15 is 0 Å². The molecule has 2 amide bonds. The first-order chi connectivity index (χ1) is 12.0. The summed E-state index contributed by atoms with van der Waals surface area (Å²) in [6.07, 6.45) is 0.366. The molecule has 2 unspecified atom stereocenters. The van der Waals surface area contributed by atoms with Crippen LogP contribution in [-0.2, 0) is 14.3 Å². The Bertz CT molecular complexity index is 635. The maximum absolute atomic E-state index is 12.7. The van der Waals surface area contributed by atoms with Gasteiger partial charge in [-0.2, -0.15) is 0 Å². The lowest BCUT2D eigenvalue weighted by Gasteiger charge is -2.36. The highest BCUT2D eigenvalue weighted by Gasteiger charge is 2.39. The van der Waals surface area contributed by atoms with E-state index in [2.05, 4.69) is 5.43 Å². The molecule has 1 heterocycles. The van der Waals surface area contributed by atoms with Crippen molar-refractivity contribution in [1.29, 1.82) is 0 Å². The molecule has 0 bridgehead atoms. The Kier molecular flexibility index (Phi) is 6.92. The van der Waals surface area contributed by atoms with Gasteiger partial charge in [-0.15, -0.1) is 0 Å². The van der Waals surface area contributed by atoms with Gasteiger partial charge in [0, 0.05) is 36.2 Å². The van der Waals surface area contributed by atoms with Crippen LogP contribution < -0.4 is 11.3 Å². The second kappa shape index (κ2) is 8.94. The normalized spacial score (nSPS) is 20.2. The number of carbonyl (C=O) groups excluding carboxylic acids is 3. The number of hydrazine groups is 1. The van der Waals surface area contributed by atoms with Gasteiger partial charge >= 0.3 is 0 Å². The van der Waals surface area contributed by atoms with Crippen molar-refractivity contribution < 1.29 is 19.1 Å². The van der Waals surface area contributed by atoms with Crippen molar-refractivity contribution >= 4 is 29.2 Å². The largest absolute Gasteiger partial charge is 0.374 e. The van der Waals surface area contributed by atoms with E-state index in [4.69, 9.17) is 22.2 Å². The molecule has 3 N–H and O–H groups in total. The van der Waals surface area contributed by atoms with Gasteiger partial charge in [-0.05, 0) is 37.6 Å². The maximum atomic E-state index is 12.7. The first kappa shape index (κ1) is 19.4. The van der Waals surface area contributed by atoms with Crippen LogP contribution in [0.2, 0.25) is 5.02 Å². The Morgan fingerprint density at radius 2 is 1.96 bits per heavy atom. The van der Waals surface area contributed by atoms with Crippen LogP contribution in [0.25, 0.3) is 0 Å². The van der Waals surface area contributed by atoms with Gasteiger partial charge in [0.25, 0.3) is 5.91 Å². The van der Waals surface area contributed by atoms with Crippen LogP contribution in [0.5, 0.6) is 0 Å². The third-order valence-corrected chi connectivity index (χ3v) is 4.58. The van der Waals surface area contributed by atoms with Gasteiger partial charge in [0.05, 0.1) is 5.92 Å². The number of hydrogen-bond donors (Lipinski definition) is 2. The molecule has 25 heavy (non-hydrogen) atoms. The van der Waals surface area contributed by atoms with Gasteiger partial charge in [-0.3, -0.25) is 19.8 Å². The summed E-state index contributed by atoms with van der Waals surface area (Å²) in [4.78, 5) is 38.7. The lowest BCUT2D eigenvalue weighted by Crippen LogP contribution is -2.52. The molecule has 1 aliphatic rings. The minimum absolute atomic E-state index is 0.0848. The smallest absolute Gasteiger partial charge is 0.253 e.